The topological polar surface area (TPSA) is 53.6 Å². The Hall–Kier alpha value is -1.26. The summed E-state index contributed by atoms with van der Waals surface area (Å²) in [6.07, 6.45) is 0. The van der Waals surface area contributed by atoms with Gasteiger partial charge in [0.1, 0.15) is 0 Å². The smallest absolute Gasteiger partial charge is 0.208 e. The van der Waals surface area contributed by atoms with Gasteiger partial charge in [0.05, 0.1) is 5.69 Å². The van der Waals surface area contributed by atoms with E-state index in [2.05, 4.69) is 24.3 Å². The lowest BCUT2D eigenvalue weighted by Crippen LogP contribution is -2.45. The van der Waals surface area contributed by atoms with E-state index in [1.807, 2.05) is 36.2 Å². The zero-order chi connectivity index (χ0) is 12.0. The van der Waals surface area contributed by atoms with Crippen LogP contribution in [0.1, 0.15) is 19.4 Å². The maximum Gasteiger partial charge on any atom is 0.208 e. The first-order valence-electron chi connectivity index (χ1n) is 5.58. The van der Waals surface area contributed by atoms with Gasteiger partial charge in [-0.15, -0.1) is 12.4 Å². The van der Waals surface area contributed by atoms with Crippen LogP contribution in [0.4, 0.5) is 5.69 Å². The summed E-state index contributed by atoms with van der Waals surface area (Å²) < 4.78 is 0. The van der Waals surface area contributed by atoms with Gasteiger partial charge in [0.25, 0.3) is 0 Å². The van der Waals surface area contributed by atoms with E-state index in [9.17, 15) is 0 Å². The molecule has 5 heteroatoms. The molecule has 3 N–H and O–H groups in total. The number of guanidine groups is 1. The van der Waals surface area contributed by atoms with E-state index in [0.29, 0.717) is 5.96 Å². The van der Waals surface area contributed by atoms with Gasteiger partial charge in [0.15, 0.2) is 0 Å². The Morgan fingerprint density at radius 2 is 1.88 bits per heavy atom. The van der Waals surface area contributed by atoms with Gasteiger partial charge >= 0.3 is 0 Å². The number of benzene rings is 1. The van der Waals surface area contributed by atoms with Gasteiger partial charge in [-0.1, -0.05) is 32.0 Å². The fourth-order valence-corrected chi connectivity index (χ4v) is 1.39. The lowest BCUT2D eigenvalue weighted by molar-refractivity contribution is 0.261. The molecule has 4 nitrogen and oxygen atoms in total. The normalized spacial score (nSPS) is 11.2. The maximum atomic E-state index is 5.82. The van der Waals surface area contributed by atoms with Crippen LogP contribution < -0.4 is 11.2 Å². The molecule has 0 aliphatic carbocycles. The van der Waals surface area contributed by atoms with Crippen molar-refractivity contribution in [2.45, 2.75) is 20.8 Å². The molecule has 0 aromatic heterocycles. The zero-order valence-electron chi connectivity index (χ0n) is 10.6. The third-order valence-electron chi connectivity index (χ3n) is 2.39. The van der Waals surface area contributed by atoms with E-state index < -0.39 is 0 Å². The number of rotatable bonds is 4. The molecule has 0 saturated carbocycles. The summed E-state index contributed by atoms with van der Waals surface area (Å²) in [5.74, 6) is 0.429. The number of hydrazine groups is 1. The minimum absolute atomic E-state index is 0. The summed E-state index contributed by atoms with van der Waals surface area (Å²) >= 11 is 0. The molecular weight excluding hydrogens is 236 g/mol. The molecule has 0 radical (unpaired) electrons. The fourth-order valence-electron chi connectivity index (χ4n) is 1.39. The molecule has 0 spiro atoms. The highest BCUT2D eigenvalue weighted by molar-refractivity contribution is 5.85. The van der Waals surface area contributed by atoms with Crippen LogP contribution in [-0.2, 0) is 0 Å². The van der Waals surface area contributed by atoms with Crippen molar-refractivity contribution in [3.05, 3.63) is 29.8 Å². The second kappa shape index (κ2) is 7.92. The van der Waals surface area contributed by atoms with Crippen LogP contribution in [0.2, 0.25) is 0 Å². The number of nitrogens with zero attached hydrogens (tertiary/aromatic N) is 2. The molecule has 0 heterocycles. The molecular formula is C12H21ClN4. The van der Waals surface area contributed by atoms with Gasteiger partial charge in [-0.25, -0.2) is 10.0 Å². The maximum absolute atomic E-state index is 5.82. The van der Waals surface area contributed by atoms with E-state index in [1.165, 1.54) is 0 Å². The van der Waals surface area contributed by atoms with Crippen LogP contribution >= 0.6 is 12.4 Å². The summed E-state index contributed by atoms with van der Waals surface area (Å²) in [6.45, 7) is 7.93. The average Bonchev–Trinajstić information content (AvgIpc) is 2.29. The minimum Gasteiger partial charge on any atom is -0.369 e. The van der Waals surface area contributed by atoms with Crippen LogP contribution in [-0.4, -0.2) is 24.1 Å². The Morgan fingerprint density at radius 3 is 2.41 bits per heavy atom. The number of para-hydroxylation sites is 1. The highest BCUT2D eigenvalue weighted by Crippen LogP contribution is 2.16. The molecule has 96 valence electrons. The van der Waals surface area contributed by atoms with Gasteiger partial charge in [0, 0.05) is 13.1 Å². The van der Waals surface area contributed by atoms with E-state index in [1.54, 1.807) is 0 Å². The van der Waals surface area contributed by atoms with Crippen molar-refractivity contribution >= 4 is 24.1 Å². The molecule has 0 fully saturated rings. The number of aryl methyl sites for hydroxylation is 1. The Morgan fingerprint density at radius 1 is 1.29 bits per heavy atom. The van der Waals surface area contributed by atoms with Crippen molar-refractivity contribution < 1.29 is 0 Å². The first-order chi connectivity index (χ1) is 7.67. The van der Waals surface area contributed by atoms with Gasteiger partial charge in [-0.2, -0.15) is 0 Å². The lowest BCUT2D eigenvalue weighted by Gasteiger charge is -2.19. The van der Waals surface area contributed by atoms with E-state index in [0.717, 1.165) is 24.3 Å². The second-order valence-electron chi connectivity index (χ2n) is 3.57. The van der Waals surface area contributed by atoms with Crippen molar-refractivity contribution in [3.8, 4) is 0 Å². The predicted molar refractivity (Wildman–Crippen MR) is 75.8 cm³/mol. The standard InChI is InChI=1S/C12H20N4.ClH/c1-4-16(5-2)15-12(13)14-11-9-7-6-8-10(11)3;/h6-9H,4-5H2,1-3H3,(H3,13,14,15);1H. The third kappa shape index (κ3) is 5.06. The largest absolute Gasteiger partial charge is 0.369 e. The van der Waals surface area contributed by atoms with Crippen LogP contribution in [0.15, 0.2) is 29.3 Å². The lowest BCUT2D eigenvalue weighted by atomic mass is 10.2. The molecule has 1 rings (SSSR count). The monoisotopic (exact) mass is 256 g/mol. The fraction of sp³-hybridized carbons (Fsp3) is 0.417. The summed E-state index contributed by atoms with van der Waals surface area (Å²) in [7, 11) is 0. The van der Waals surface area contributed by atoms with Gasteiger partial charge < -0.3 is 5.73 Å². The molecule has 0 aliphatic rings. The van der Waals surface area contributed by atoms with Crippen molar-refractivity contribution in [2.24, 2.45) is 10.7 Å². The van der Waals surface area contributed by atoms with Gasteiger partial charge in [0.2, 0.25) is 5.96 Å². The van der Waals surface area contributed by atoms with Crippen molar-refractivity contribution in [2.75, 3.05) is 13.1 Å². The molecule has 1 aromatic rings. The molecule has 0 atom stereocenters. The van der Waals surface area contributed by atoms with Gasteiger partial charge in [-0.05, 0) is 18.6 Å². The quantitative estimate of drug-likeness (QED) is 0.493. The predicted octanol–water partition coefficient (Wildman–Crippen LogP) is 2.21. The Kier molecular flexibility index (Phi) is 7.34. The number of nitrogens with two attached hydrogens (primary N) is 1. The Labute approximate surface area is 109 Å². The summed E-state index contributed by atoms with van der Waals surface area (Å²) in [5.41, 5.74) is 10.9. The zero-order valence-corrected chi connectivity index (χ0v) is 11.4. The number of hydrogen-bond acceptors (Lipinski definition) is 2. The SMILES string of the molecule is CCN(CC)NC(N)=Nc1ccccc1C.Cl. The van der Waals surface area contributed by atoms with Crippen LogP contribution in [0.5, 0.6) is 0 Å². The highest BCUT2D eigenvalue weighted by Gasteiger charge is 2.00. The first-order valence-corrected chi connectivity index (χ1v) is 5.58. The molecule has 0 aliphatic heterocycles. The number of aliphatic imine (C=N–C) groups is 1. The third-order valence-corrected chi connectivity index (χ3v) is 2.39. The molecule has 0 saturated heterocycles. The van der Waals surface area contributed by atoms with Gasteiger partial charge in [-0.3, -0.25) is 5.43 Å². The highest BCUT2D eigenvalue weighted by atomic mass is 35.5. The molecule has 17 heavy (non-hydrogen) atoms. The van der Waals surface area contributed by atoms with Crippen LogP contribution in [0.25, 0.3) is 0 Å². The molecule has 1 aromatic carbocycles. The number of hydrogen-bond donors (Lipinski definition) is 2. The van der Waals surface area contributed by atoms with E-state index >= 15 is 0 Å². The minimum atomic E-state index is 0. The second-order valence-corrected chi connectivity index (χ2v) is 3.57. The number of halogens is 1. The summed E-state index contributed by atoms with van der Waals surface area (Å²) in [4.78, 5) is 4.34. The molecule has 0 amide bonds. The van der Waals surface area contributed by atoms with Crippen molar-refractivity contribution in [1.82, 2.24) is 10.4 Å². The Bertz CT molecular complexity index is 361. The number of nitrogens with one attached hydrogen (secondary N) is 1. The Balaban J connectivity index is 0.00000256. The van der Waals surface area contributed by atoms with Crippen LogP contribution in [0, 0.1) is 6.92 Å². The first kappa shape index (κ1) is 15.7. The molecule has 0 bridgehead atoms. The average molecular weight is 257 g/mol. The van der Waals surface area contributed by atoms with E-state index in [-0.39, 0.29) is 12.4 Å². The van der Waals surface area contributed by atoms with Crippen LogP contribution in [0.3, 0.4) is 0 Å². The van der Waals surface area contributed by atoms with Crippen molar-refractivity contribution in [1.29, 1.82) is 0 Å². The summed E-state index contributed by atoms with van der Waals surface area (Å²) in [6, 6.07) is 7.91. The van der Waals surface area contributed by atoms with Crippen molar-refractivity contribution in [3.63, 3.8) is 0 Å². The summed E-state index contributed by atoms with van der Waals surface area (Å²) in [5, 5.41) is 2.00. The molecule has 0 unspecified atom stereocenters. The van der Waals surface area contributed by atoms with E-state index in [4.69, 9.17) is 5.73 Å².